The molecule has 0 aromatic heterocycles. The highest BCUT2D eigenvalue weighted by molar-refractivity contribution is 5.19. The normalized spacial score (nSPS) is 46.6. The minimum Gasteiger partial charge on any atom is -0.390 e. The van der Waals surface area contributed by atoms with E-state index in [1.807, 2.05) is 13.8 Å². The van der Waals surface area contributed by atoms with Crippen molar-refractivity contribution in [2.24, 2.45) is 17.8 Å². The van der Waals surface area contributed by atoms with E-state index >= 15 is 0 Å². The van der Waals surface area contributed by atoms with Crippen molar-refractivity contribution in [3.63, 3.8) is 0 Å². The van der Waals surface area contributed by atoms with Crippen LogP contribution in [0.3, 0.4) is 0 Å². The molecule has 2 aliphatic carbocycles. The Kier molecular flexibility index (Phi) is 3.16. The van der Waals surface area contributed by atoms with Gasteiger partial charge in [0, 0.05) is 5.92 Å². The summed E-state index contributed by atoms with van der Waals surface area (Å²) in [6, 6.07) is 0. The van der Waals surface area contributed by atoms with E-state index < -0.39 is 11.2 Å². The average Bonchev–Trinajstić information content (AvgIpc) is 2.39. The predicted molar refractivity (Wildman–Crippen MR) is 69.6 cm³/mol. The molecule has 4 atom stereocenters. The summed E-state index contributed by atoms with van der Waals surface area (Å²) < 4.78 is 0. The topological polar surface area (TPSA) is 40.5 Å². The lowest BCUT2D eigenvalue weighted by Gasteiger charge is -2.34. The summed E-state index contributed by atoms with van der Waals surface area (Å²) in [7, 11) is 0. The molecule has 0 saturated heterocycles. The van der Waals surface area contributed by atoms with E-state index in [4.69, 9.17) is 0 Å². The maximum atomic E-state index is 10.6. The van der Waals surface area contributed by atoms with Crippen molar-refractivity contribution in [3.05, 3.63) is 11.6 Å². The van der Waals surface area contributed by atoms with Crippen LogP contribution in [0.1, 0.15) is 53.4 Å². The van der Waals surface area contributed by atoms with Crippen molar-refractivity contribution in [3.8, 4) is 0 Å². The first-order valence-corrected chi connectivity index (χ1v) is 6.89. The Hall–Kier alpha value is -0.340. The smallest absolute Gasteiger partial charge is 0.0686 e. The highest BCUT2D eigenvalue weighted by atomic mass is 16.3. The third-order valence-corrected chi connectivity index (χ3v) is 4.97. The number of allylic oxidation sites excluding steroid dienone is 1. The van der Waals surface area contributed by atoms with Crippen molar-refractivity contribution >= 4 is 0 Å². The lowest BCUT2D eigenvalue weighted by atomic mass is 9.77. The lowest BCUT2D eigenvalue weighted by Crippen LogP contribution is -2.40. The molecule has 2 heteroatoms. The summed E-state index contributed by atoms with van der Waals surface area (Å²) in [4.78, 5) is 0. The molecule has 0 unspecified atom stereocenters. The van der Waals surface area contributed by atoms with Crippen LogP contribution in [-0.4, -0.2) is 21.4 Å². The third-order valence-electron chi connectivity index (χ3n) is 4.97. The maximum absolute atomic E-state index is 10.6. The molecule has 0 spiro atoms. The first kappa shape index (κ1) is 13.1. The minimum absolute atomic E-state index is 0.123. The number of rotatable bonds is 1. The van der Waals surface area contributed by atoms with Gasteiger partial charge < -0.3 is 10.2 Å². The van der Waals surface area contributed by atoms with Crippen molar-refractivity contribution in [2.75, 3.05) is 0 Å². The largest absolute Gasteiger partial charge is 0.390 e. The summed E-state index contributed by atoms with van der Waals surface area (Å²) in [5, 5.41) is 21.1. The molecular weight excluding hydrogens is 212 g/mol. The molecule has 0 aliphatic heterocycles. The molecule has 0 heterocycles. The van der Waals surface area contributed by atoms with Crippen molar-refractivity contribution in [1.29, 1.82) is 0 Å². The molecule has 2 aliphatic rings. The molecule has 0 aromatic carbocycles. The van der Waals surface area contributed by atoms with Gasteiger partial charge >= 0.3 is 0 Å². The highest BCUT2D eigenvalue weighted by Crippen LogP contribution is 2.50. The molecule has 0 bridgehead atoms. The second-order valence-corrected chi connectivity index (χ2v) is 6.78. The van der Waals surface area contributed by atoms with Gasteiger partial charge in [0.05, 0.1) is 11.2 Å². The molecule has 17 heavy (non-hydrogen) atoms. The number of hydrogen-bond donors (Lipinski definition) is 2. The molecular formula is C15H26O2. The minimum atomic E-state index is -0.640. The number of hydrogen-bond acceptors (Lipinski definition) is 2. The molecule has 2 rings (SSSR count). The van der Waals surface area contributed by atoms with E-state index in [0.29, 0.717) is 5.92 Å². The summed E-state index contributed by atoms with van der Waals surface area (Å²) in [5.41, 5.74) is 0.136. The zero-order valence-corrected chi connectivity index (χ0v) is 11.5. The predicted octanol–water partition coefficient (Wildman–Crippen LogP) is 2.89. The van der Waals surface area contributed by atoms with Gasteiger partial charge in [0.15, 0.2) is 0 Å². The van der Waals surface area contributed by atoms with Crippen molar-refractivity contribution in [2.45, 2.75) is 64.6 Å². The monoisotopic (exact) mass is 238 g/mol. The molecule has 2 N–H and O–H groups in total. The summed E-state index contributed by atoms with van der Waals surface area (Å²) in [5.74, 6) is 0.854. The van der Waals surface area contributed by atoms with Gasteiger partial charge in [0.25, 0.3) is 0 Å². The van der Waals surface area contributed by atoms with Gasteiger partial charge in [-0.3, -0.25) is 0 Å². The number of aliphatic hydroxyl groups is 2. The second-order valence-electron chi connectivity index (χ2n) is 6.78. The van der Waals surface area contributed by atoms with Gasteiger partial charge in [-0.25, -0.2) is 0 Å². The molecule has 1 saturated carbocycles. The van der Waals surface area contributed by atoms with Gasteiger partial charge in [0.1, 0.15) is 0 Å². The van der Waals surface area contributed by atoms with Gasteiger partial charge in [-0.1, -0.05) is 25.5 Å². The van der Waals surface area contributed by atoms with Crippen LogP contribution >= 0.6 is 0 Å². The first-order valence-electron chi connectivity index (χ1n) is 6.89. The van der Waals surface area contributed by atoms with Crippen LogP contribution in [0.5, 0.6) is 0 Å². The van der Waals surface area contributed by atoms with Gasteiger partial charge in [-0.2, -0.15) is 0 Å². The molecule has 0 radical (unpaired) electrons. The quantitative estimate of drug-likeness (QED) is 0.690. The third kappa shape index (κ3) is 2.30. The van der Waals surface area contributed by atoms with Crippen LogP contribution in [0.25, 0.3) is 0 Å². The zero-order chi connectivity index (χ0) is 12.8. The van der Waals surface area contributed by atoms with E-state index in [1.165, 1.54) is 5.57 Å². The van der Waals surface area contributed by atoms with Crippen LogP contribution in [0, 0.1) is 17.8 Å². The Labute approximate surface area is 105 Å². The van der Waals surface area contributed by atoms with Crippen LogP contribution in [0.2, 0.25) is 0 Å². The number of fused-ring (bicyclic) bond motifs is 1. The fourth-order valence-corrected chi connectivity index (χ4v) is 3.60. The Morgan fingerprint density at radius 2 is 1.82 bits per heavy atom. The van der Waals surface area contributed by atoms with Crippen molar-refractivity contribution < 1.29 is 10.2 Å². The summed E-state index contributed by atoms with van der Waals surface area (Å²) in [6.07, 6.45) is 5.80. The summed E-state index contributed by atoms with van der Waals surface area (Å²) >= 11 is 0. The average molecular weight is 238 g/mol. The molecule has 1 fully saturated rings. The first-order chi connectivity index (χ1) is 7.74. The van der Waals surface area contributed by atoms with E-state index in [2.05, 4.69) is 19.9 Å². The molecule has 0 amide bonds. The zero-order valence-electron chi connectivity index (χ0n) is 11.5. The van der Waals surface area contributed by atoms with Crippen LogP contribution in [0.4, 0.5) is 0 Å². The molecule has 2 nitrogen and oxygen atoms in total. The SMILES string of the molecule is CC(C)C1=C[C@H]2[C@H](CC[C@]2(C)O)[C@](C)(O)CC1. The molecule has 98 valence electrons. The van der Waals surface area contributed by atoms with Gasteiger partial charge in [-0.15, -0.1) is 0 Å². The Morgan fingerprint density at radius 3 is 2.41 bits per heavy atom. The maximum Gasteiger partial charge on any atom is 0.0686 e. The van der Waals surface area contributed by atoms with E-state index in [0.717, 1.165) is 25.7 Å². The Morgan fingerprint density at radius 1 is 1.18 bits per heavy atom. The Bertz CT molecular complexity index is 326. The van der Waals surface area contributed by atoms with Gasteiger partial charge in [-0.05, 0) is 51.4 Å². The van der Waals surface area contributed by atoms with Gasteiger partial charge in [0.2, 0.25) is 0 Å². The summed E-state index contributed by atoms with van der Waals surface area (Å²) in [6.45, 7) is 8.27. The fourth-order valence-electron chi connectivity index (χ4n) is 3.60. The van der Waals surface area contributed by atoms with E-state index in [-0.39, 0.29) is 11.8 Å². The highest BCUT2D eigenvalue weighted by Gasteiger charge is 2.50. The standard InChI is InChI=1S/C15H26O2/c1-10(2)11-5-7-14(3,16)12-6-8-15(4,17)13(12)9-11/h9-10,12-13,16-17H,5-8H2,1-4H3/t12-,13-,14+,15-/m0/s1. The van der Waals surface area contributed by atoms with Crippen molar-refractivity contribution in [1.82, 2.24) is 0 Å². The van der Waals surface area contributed by atoms with Crippen LogP contribution in [0.15, 0.2) is 11.6 Å². The van der Waals surface area contributed by atoms with E-state index in [1.54, 1.807) is 0 Å². The van der Waals surface area contributed by atoms with Crippen LogP contribution in [-0.2, 0) is 0 Å². The Balaban J connectivity index is 2.37. The van der Waals surface area contributed by atoms with Crippen LogP contribution < -0.4 is 0 Å². The molecule has 0 aromatic rings. The fraction of sp³-hybridized carbons (Fsp3) is 0.867. The second kappa shape index (κ2) is 4.10. The lowest BCUT2D eigenvalue weighted by molar-refractivity contribution is -0.0419. The van der Waals surface area contributed by atoms with E-state index in [9.17, 15) is 10.2 Å².